The zero-order valence-electron chi connectivity index (χ0n) is 16.7. The summed E-state index contributed by atoms with van der Waals surface area (Å²) in [5.74, 6) is 1.62. The van der Waals surface area contributed by atoms with Gasteiger partial charge in [-0.1, -0.05) is 23.7 Å². The minimum absolute atomic E-state index is 0. The molecule has 0 spiro atoms. The smallest absolute Gasteiger partial charge is 0.191 e. The number of nitrogens with one attached hydrogen (secondary N) is 2. The molecule has 1 atom stereocenters. The van der Waals surface area contributed by atoms with E-state index in [-0.39, 0.29) is 30.0 Å². The molecule has 0 aliphatic rings. The Labute approximate surface area is 189 Å². The molecule has 0 aliphatic heterocycles. The first kappa shape index (κ1) is 24.7. The summed E-state index contributed by atoms with van der Waals surface area (Å²) in [6.07, 6.45) is 2.54. The monoisotopic (exact) mass is 520 g/mol. The van der Waals surface area contributed by atoms with E-state index in [1.807, 2.05) is 24.3 Å². The summed E-state index contributed by atoms with van der Waals surface area (Å²) in [6, 6.07) is 11.9. The van der Waals surface area contributed by atoms with Crippen LogP contribution in [0.5, 0.6) is 0 Å². The van der Waals surface area contributed by atoms with E-state index >= 15 is 0 Å². The Balaban J connectivity index is 0.00000392. The molecule has 0 fully saturated rings. The molecule has 0 amide bonds. The fourth-order valence-electron chi connectivity index (χ4n) is 2.65. The largest absolute Gasteiger partial charge is 0.467 e. The second-order valence-corrected chi connectivity index (χ2v) is 6.83. The molecule has 8 heteroatoms. The van der Waals surface area contributed by atoms with E-state index in [1.54, 1.807) is 13.3 Å². The summed E-state index contributed by atoms with van der Waals surface area (Å²) in [4.78, 5) is 6.46. The topological polar surface area (TPSA) is 62.0 Å². The Morgan fingerprint density at radius 1 is 1.21 bits per heavy atom. The van der Waals surface area contributed by atoms with Crippen LogP contribution in [0.1, 0.15) is 23.8 Å². The first-order valence-electron chi connectivity index (χ1n) is 9.06. The number of guanidine groups is 1. The number of rotatable bonds is 10. The Morgan fingerprint density at radius 2 is 1.96 bits per heavy atom. The number of halogens is 2. The number of hydrogen-bond donors (Lipinski definition) is 2. The maximum Gasteiger partial charge on any atom is 0.191 e. The normalized spacial score (nSPS) is 12.5. The quantitative estimate of drug-likeness (QED) is 0.215. The number of likely N-dealkylation sites (N-methyl/N-ethyl adjacent to an activating group) is 1. The van der Waals surface area contributed by atoms with Crippen LogP contribution < -0.4 is 10.6 Å². The van der Waals surface area contributed by atoms with Gasteiger partial charge < -0.3 is 24.7 Å². The maximum atomic E-state index is 5.99. The SMILES string of the molecule is CN=C(NCCCOCc1ccco1)NCC(c1ccc(Cl)cc1)N(C)C.I. The molecule has 2 N–H and O–H groups in total. The predicted octanol–water partition coefficient (Wildman–Crippen LogP) is 3.93. The van der Waals surface area contributed by atoms with E-state index in [4.69, 9.17) is 20.8 Å². The average Bonchev–Trinajstić information content (AvgIpc) is 3.17. The molecule has 0 bridgehead atoms. The lowest BCUT2D eigenvalue weighted by molar-refractivity contribution is 0.105. The minimum Gasteiger partial charge on any atom is -0.467 e. The van der Waals surface area contributed by atoms with Crippen molar-refractivity contribution in [3.63, 3.8) is 0 Å². The van der Waals surface area contributed by atoms with Crippen molar-refractivity contribution in [3.8, 4) is 0 Å². The van der Waals surface area contributed by atoms with Crippen molar-refractivity contribution in [2.75, 3.05) is 40.8 Å². The summed E-state index contributed by atoms with van der Waals surface area (Å²) in [7, 11) is 5.90. The highest BCUT2D eigenvalue weighted by Crippen LogP contribution is 2.19. The second-order valence-electron chi connectivity index (χ2n) is 6.40. The van der Waals surface area contributed by atoms with E-state index in [0.29, 0.717) is 13.2 Å². The van der Waals surface area contributed by atoms with Gasteiger partial charge in [-0.2, -0.15) is 0 Å². The molecule has 1 aromatic carbocycles. The number of hydrogen-bond acceptors (Lipinski definition) is 4. The molecule has 28 heavy (non-hydrogen) atoms. The lowest BCUT2D eigenvalue weighted by atomic mass is 10.1. The van der Waals surface area contributed by atoms with Crippen molar-refractivity contribution in [2.45, 2.75) is 19.1 Å². The first-order chi connectivity index (χ1) is 13.1. The average molecular weight is 521 g/mol. The third-order valence-electron chi connectivity index (χ3n) is 4.15. The van der Waals surface area contributed by atoms with Crippen LogP contribution in [0.2, 0.25) is 5.02 Å². The number of furan rings is 1. The van der Waals surface area contributed by atoms with Crippen LogP contribution in [-0.4, -0.2) is 51.7 Å². The van der Waals surface area contributed by atoms with Crippen LogP contribution in [0, 0.1) is 0 Å². The lowest BCUT2D eigenvalue weighted by Gasteiger charge is -2.26. The number of aliphatic imine (C=N–C) groups is 1. The van der Waals surface area contributed by atoms with Gasteiger partial charge in [-0.25, -0.2) is 0 Å². The van der Waals surface area contributed by atoms with Gasteiger partial charge in [0.25, 0.3) is 0 Å². The van der Waals surface area contributed by atoms with Crippen molar-refractivity contribution < 1.29 is 9.15 Å². The molecule has 2 aromatic rings. The third kappa shape index (κ3) is 8.81. The molecule has 1 aromatic heterocycles. The predicted molar refractivity (Wildman–Crippen MR) is 126 cm³/mol. The van der Waals surface area contributed by atoms with Crippen LogP contribution in [0.25, 0.3) is 0 Å². The van der Waals surface area contributed by atoms with Crippen molar-refractivity contribution in [2.24, 2.45) is 4.99 Å². The van der Waals surface area contributed by atoms with Gasteiger partial charge in [0.2, 0.25) is 0 Å². The van der Waals surface area contributed by atoms with Crippen molar-refractivity contribution in [3.05, 3.63) is 59.0 Å². The molecule has 156 valence electrons. The van der Waals surface area contributed by atoms with Gasteiger partial charge in [0, 0.05) is 31.8 Å². The molecule has 0 radical (unpaired) electrons. The zero-order chi connectivity index (χ0) is 19.5. The molecular weight excluding hydrogens is 491 g/mol. The summed E-state index contributed by atoms with van der Waals surface area (Å²) in [6.45, 7) is 2.69. The van der Waals surface area contributed by atoms with Crippen LogP contribution in [0.3, 0.4) is 0 Å². The van der Waals surface area contributed by atoms with E-state index in [0.717, 1.165) is 36.3 Å². The number of benzene rings is 1. The number of ether oxygens (including phenoxy) is 1. The van der Waals surface area contributed by atoms with Gasteiger partial charge in [-0.05, 0) is 50.3 Å². The Hall–Kier alpha value is -1.29. The molecule has 6 nitrogen and oxygen atoms in total. The van der Waals surface area contributed by atoms with E-state index in [2.05, 4.69) is 46.8 Å². The van der Waals surface area contributed by atoms with Crippen LogP contribution in [0.4, 0.5) is 0 Å². The van der Waals surface area contributed by atoms with Crippen LogP contribution >= 0.6 is 35.6 Å². The van der Waals surface area contributed by atoms with Gasteiger partial charge in [0.05, 0.1) is 12.3 Å². The van der Waals surface area contributed by atoms with Crippen molar-refractivity contribution in [1.82, 2.24) is 15.5 Å². The summed E-state index contributed by atoms with van der Waals surface area (Å²) in [5.41, 5.74) is 1.21. The molecule has 0 saturated carbocycles. The summed E-state index contributed by atoms with van der Waals surface area (Å²) >= 11 is 5.99. The Kier molecular flexibility index (Phi) is 12.2. The molecule has 1 heterocycles. The fourth-order valence-corrected chi connectivity index (χ4v) is 2.77. The van der Waals surface area contributed by atoms with Gasteiger partial charge in [-0.3, -0.25) is 4.99 Å². The van der Waals surface area contributed by atoms with Gasteiger partial charge in [0.1, 0.15) is 12.4 Å². The second kappa shape index (κ2) is 13.8. The summed E-state index contributed by atoms with van der Waals surface area (Å²) in [5, 5.41) is 7.45. The highest BCUT2D eigenvalue weighted by atomic mass is 127. The maximum absolute atomic E-state index is 5.99. The number of nitrogens with zero attached hydrogens (tertiary/aromatic N) is 2. The van der Waals surface area contributed by atoms with Crippen molar-refractivity contribution in [1.29, 1.82) is 0 Å². The first-order valence-corrected chi connectivity index (χ1v) is 9.44. The molecule has 2 rings (SSSR count). The summed E-state index contributed by atoms with van der Waals surface area (Å²) < 4.78 is 10.8. The highest BCUT2D eigenvalue weighted by Gasteiger charge is 2.14. The highest BCUT2D eigenvalue weighted by molar-refractivity contribution is 14.0. The van der Waals surface area contributed by atoms with E-state index in [9.17, 15) is 0 Å². The van der Waals surface area contributed by atoms with Gasteiger partial charge in [-0.15, -0.1) is 24.0 Å². The molecule has 1 unspecified atom stereocenters. The van der Waals surface area contributed by atoms with Crippen molar-refractivity contribution >= 4 is 41.5 Å². The standard InChI is InChI=1S/C20H29ClN4O2.HI/c1-22-20(23-11-5-12-26-15-18-6-4-13-27-18)24-14-19(25(2)3)16-7-9-17(21)10-8-16;/h4,6-10,13,19H,5,11-12,14-15H2,1-3H3,(H2,22,23,24);1H. The molecule has 0 aliphatic carbocycles. The van der Waals surface area contributed by atoms with Gasteiger partial charge in [0.15, 0.2) is 5.96 Å². The fraction of sp³-hybridized carbons (Fsp3) is 0.450. The third-order valence-corrected chi connectivity index (χ3v) is 4.40. The van der Waals surface area contributed by atoms with Gasteiger partial charge >= 0.3 is 0 Å². The zero-order valence-corrected chi connectivity index (χ0v) is 19.7. The Morgan fingerprint density at radius 3 is 2.57 bits per heavy atom. The van der Waals surface area contributed by atoms with E-state index in [1.165, 1.54) is 5.56 Å². The Bertz CT molecular complexity index is 678. The molecule has 0 saturated heterocycles. The minimum atomic E-state index is 0. The lowest BCUT2D eigenvalue weighted by Crippen LogP contribution is -2.42. The van der Waals surface area contributed by atoms with Crippen LogP contribution in [-0.2, 0) is 11.3 Å². The molecular formula is C20H30ClIN4O2. The van der Waals surface area contributed by atoms with E-state index < -0.39 is 0 Å². The van der Waals surface area contributed by atoms with Crippen LogP contribution in [0.15, 0.2) is 52.1 Å².